The molecule has 0 heterocycles. The Balaban J connectivity index is 3.17. The predicted molar refractivity (Wildman–Crippen MR) is 46.6 cm³/mol. The first-order valence-corrected chi connectivity index (χ1v) is 4.20. The maximum atomic E-state index is 3.38. The Bertz CT molecular complexity index is 168. The second-order valence-corrected chi connectivity index (χ2v) is 3.78. The van der Waals surface area contributed by atoms with Crippen molar-refractivity contribution < 1.29 is 0 Å². The molecule has 0 aliphatic rings. The van der Waals surface area contributed by atoms with Crippen molar-refractivity contribution in [3.05, 3.63) is 32.7 Å². The van der Waals surface area contributed by atoms with Gasteiger partial charge in [-0.2, -0.15) is 0 Å². The number of halogens is 2. The molecular weight excluding hydrogens is 244 g/mol. The van der Waals surface area contributed by atoms with Crippen LogP contribution in [0.3, 0.4) is 0 Å². The van der Waals surface area contributed by atoms with Crippen molar-refractivity contribution in [2.75, 3.05) is 0 Å². The van der Waals surface area contributed by atoms with E-state index >= 15 is 0 Å². The summed E-state index contributed by atoms with van der Waals surface area (Å²) in [5.74, 6) is 0. The number of hydrogen-bond donors (Lipinski definition) is 0. The van der Waals surface area contributed by atoms with E-state index in [1.165, 1.54) is 5.56 Å². The third-order valence-corrected chi connectivity index (χ3v) is 1.92. The van der Waals surface area contributed by atoms with E-state index in [0.717, 1.165) is 8.95 Å². The molecule has 0 radical (unpaired) electrons. The highest BCUT2D eigenvalue weighted by Crippen LogP contribution is 2.18. The van der Waals surface area contributed by atoms with Crippen LogP contribution in [0.25, 0.3) is 0 Å². The molecule has 0 saturated carbocycles. The Morgan fingerprint density at radius 2 is 1.44 bits per heavy atom. The summed E-state index contributed by atoms with van der Waals surface area (Å²) in [5, 5.41) is 0. The molecule has 0 unspecified atom stereocenters. The van der Waals surface area contributed by atoms with Crippen LogP contribution in [0.5, 0.6) is 0 Å². The molecule has 0 atom stereocenters. The maximum absolute atomic E-state index is 3.38. The normalized spacial score (nSPS) is 9.67. The van der Waals surface area contributed by atoms with E-state index in [1.807, 2.05) is 6.07 Å². The first kappa shape index (κ1) is 7.29. The number of aryl methyl sites for hydroxylation is 1. The van der Waals surface area contributed by atoms with Crippen LogP contribution in [-0.4, -0.2) is 0 Å². The van der Waals surface area contributed by atoms with E-state index in [-0.39, 0.29) is 0 Å². The van der Waals surface area contributed by atoms with Crippen molar-refractivity contribution in [2.24, 2.45) is 0 Å². The number of benzene rings is 1. The molecule has 0 amide bonds. The monoisotopic (exact) mass is 248 g/mol. The summed E-state index contributed by atoms with van der Waals surface area (Å²) >= 11 is 6.77. The molecule has 2 heteroatoms. The Kier molecular flexibility index (Phi) is 2.30. The van der Waals surface area contributed by atoms with E-state index in [0.29, 0.717) is 0 Å². The van der Waals surface area contributed by atoms with E-state index < -0.39 is 0 Å². The van der Waals surface area contributed by atoms with Gasteiger partial charge in [-0.1, -0.05) is 31.9 Å². The predicted octanol–water partition coefficient (Wildman–Crippen LogP) is 3.52. The lowest BCUT2D eigenvalue weighted by atomic mass is 10.2. The van der Waals surface area contributed by atoms with Crippen LogP contribution in [0.4, 0.5) is 0 Å². The zero-order valence-electron chi connectivity index (χ0n) is 4.99. The van der Waals surface area contributed by atoms with Crippen LogP contribution in [0.1, 0.15) is 5.56 Å². The van der Waals surface area contributed by atoms with Crippen molar-refractivity contribution in [2.45, 2.75) is 6.92 Å². The fraction of sp³-hybridized carbons (Fsp3) is 0.143. The molecule has 0 bridgehead atoms. The summed E-state index contributed by atoms with van der Waals surface area (Å²) in [7, 11) is 0. The topological polar surface area (TPSA) is 0 Å². The highest BCUT2D eigenvalue weighted by atomic mass is 79.9. The number of hydrogen-bond acceptors (Lipinski definition) is 0. The zero-order chi connectivity index (χ0) is 6.85. The highest BCUT2D eigenvalue weighted by molar-refractivity contribution is 9.11. The van der Waals surface area contributed by atoms with Gasteiger partial charge in [0.25, 0.3) is 0 Å². The van der Waals surface area contributed by atoms with Gasteiger partial charge >= 0.3 is 0 Å². The summed E-state index contributed by atoms with van der Waals surface area (Å²) in [6, 6.07) is 6.17. The largest absolute Gasteiger partial charge is 0.0508 e. The molecule has 1 rings (SSSR count). The van der Waals surface area contributed by atoms with Crippen molar-refractivity contribution in [3.8, 4) is 0 Å². The van der Waals surface area contributed by atoms with Gasteiger partial charge in [-0.25, -0.2) is 0 Å². The molecule has 9 heavy (non-hydrogen) atoms. The summed E-state index contributed by atoms with van der Waals surface area (Å²) in [6.07, 6.45) is 0. The van der Waals surface area contributed by atoms with Crippen molar-refractivity contribution in [1.29, 1.82) is 0 Å². The SMILES string of the molecule is Cc1cc(Br)cc(Br)c1. The van der Waals surface area contributed by atoms with E-state index in [1.54, 1.807) is 0 Å². The van der Waals surface area contributed by atoms with Crippen molar-refractivity contribution in [1.82, 2.24) is 0 Å². The van der Waals surface area contributed by atoms with E-state index in [9.17, 15) is 0 Å². The maximum Gasteiger partial charge on any atom is 0.0189 e. The van der Waals surface area contributed by atoms with Gasteiger partial charge < -0.3 is 0 Å². The van der Waals surface area contributed by atoms with E-state index in [4.69, 9.17) is 0 Å². The number of rotatable bonds is 0. The van der Waals surface area contributed by atoms with Gasteiger partial charge in [-0.3, -0.25) is 0 Å². The van der Waals surface area contributed by atoms with E-state index in [2.05, 4.69) is 50.9 Å². The van der Waals surface area contributed by atoms with Crippen LogP contribution in [0.15, 0.2) is 27.1 Å². The molecule has 0 N–H and O–H groups in total. The molecule has 0 spiro atoms. The minimum atomic E-state index is 1.12. The summed E-state index contributed by atoms with van der Waals surface area (Å²) in [5.41, 5.74) is 1.26. The van der Waals surface area contributed by atoms with Crippen LogP contribution < -0.4 is 0 Å². The average molecular weight is 250 g/mol. The molecule has 0 fully saturated rings. The molecule has 0 aliphatic heterocycles. The molecule has 48 valence electrons. The Labute approximate surface area is 71.5 Å². The quantitative estimate of drug-likeness (QED) is 0.660. The van der Waals surface area contributed by atoms with Crippen molar-refractivity contribution >= 4 is 31.9 Å². The van der Waals surface area contributed by atoms with Gasteiger partial charge in [0.15, 0.2) is 0 Å². The fourth-order valence-electron chi connectivity index (χ4n) is 0.692. The molecule has 0 nitrogen and oxygen atoms in total. The van der Waals surface area contributed by atoms with Crippen LogP contribution in [-0.2, 0) is 0 Å². The summed E-state index contributed by atoms with van der Waals surface area (Å²) in [4.78, 5) is 0. The lowest BCUT2D eigenvalue weighted by Crippen LogP contribution is -1.71. The zero-order valence-corrected chi connectivity index (χ0v) is 8.16. The summed E-state index contributed by atoms with van der Waals surface area (Å²) < 4.78 is 2.24. The lowest BCUT2D eigenvalue weighted by molar-refractivity contribution is 1.43. The summed E-state index contributed by atoms with van der Waals surface area (Å²) in [6.45, 7) is 2.06. The third-order valence-electron chi connectivity index (χ3n) is 1.01. The van der Waals surface area contributed by atoms with Crippen molar-refractivity contribution in [3.63, 3.8) is 0 Å². The van der Waals surface area contributed by atoms with Gasteiger partial charge in [0.1, 0.15) is 0 Å². The van der Waals surface area contributed by atoms with Gasteiger partial charge in [0.2, 0.25) is 0 Å². The third kappa shape index (κ3) is 2.11. The fourth-order valence-corrected chi connectivity index (χ4v) is 2.21. The molecule has 0 aliphatic carbocycles. The Morgan fingerprint density at radius 1 is 1.00 bits per heavy atom. The van der Waals surface area contributed by atoms with Gasteiger partial charge in [0.05, 0.1) is 0 Å². The first-order chi connectivity index (χ1) is 4.18. The van der Waals surface area contributed by atoms with Crippen LogP contribution >= 0.6 is 31.9 Å². The minimum absolute atomic E-state index is 1.12. The Morgan fingerprint density at radius 3 is 1.78 bits per heavy atom. The molecule has 1 aromatic rings. The van der Waals surface area contributed by atoms with Gasteiger partial charge in [-0.15, -0.1) is 0 Å². The molecule has 0 saturated heterocycles. The molecular formula is C7H6Br2. The highest BCUT2D eigenvalue weighted by Gasteiger charge is 1.90. The molecule has 0 aromatic heterocycles. The van der Waals surface area contributed by atoms with Crippen LogP contribution in [0.2, 0.25) is 0 Å². The second-order valence-electron chi connectivity index (χ2n) is 1.95. The molecule has 1 aromatic carbocycles. The standard InChI is InChI=1S/C7H6Br2/c1-5-2-6(8)4-7(9)3-5/h2-4H,1H3. The van der Waals surface area contributed by atoms with Gasteiger partial charge in [-0.05, 0) is 30.7 Å². The van der Waals surface area contributed by atoms with Gasteiger partial charge in [0, 0.05) is 8.95 Å². The second kappa shape index (κ2) is 2.84. The smallest absolute Gasteiger partial charge is 0.0189 e. The Hall–Kier alpha value is 0.180. The van der Waals surface area contributed by atoms with Crippen LogP contribution in [0, 0.1) is 6.92 Å². The lowest BCUT2D eigenvalue weighted by Gasteiger charge is -1.94. The first-order valence-electron chi connectivity index (χ1n) is 2.61. The minimum Gasteiger partial charge on any atom is -0.0508 e. The average Bonchev–Trinajstić information content (AvgIpc) is 1.59.